The van der Waals surface area contributed by atoms with Crippen molar-refractivity contribution < 1.29 is 9.52 Å². The van der Waals surface area contributed by atoms with Crippen LogP contribution in [0.4, 0.5) is 0 Å². The third-order valence-corrected chi connectivity index (χ3v) is 3.16. The maximum atomic E-state index is 12.1. The third-order valence-electron chi connectivity index (χ3n) is 3.16. The van der Waals surface area contributed by atoms with E-state index in [2.05, 4.69) is 6.58 Å². The van der Waals surface area contributed by atoms with E-state index in [1.165, 1.54) is 18.2 Å². The molecule has 1 N–H and O–H groups in total. The van der Waals surface area contributed by atoms with Crippen LogP contribution in [0.1, 0.15) is 5.56 Å². The second-order valence-corrected chi connectivity index (χ2v) is 4.45. The van der Waals surface area contributed by atoms with Crippen LogP contribution in [0, 0.1) is 0 Å². The molecule has 3 rings (SSSR count). The molecule has 0 unspecified atom stereocenters. The fourth-order valence-corrected chi connectivity index (χ4v) is 2.18. The number of rotatable bonds is 2. The van der Waals surface area contributed by atoms with E-state index in [9.17, 15) is 9.90 Å². The minimum atomic E-state index is -0.184. The zero-order valence-corrected chi connectivity index (χ0v) is 10.7. The van der Waals surface area contributed by atoms with Crippen LogP contribution in [0.3, 0.4) is 0 Å². The van der Waals surface area contributed by atoms with Crippen LogP contribution < -0.4 is 5.43 Å². The van der Waals surface area contributed by atoms with Gasteiger partial charge in [0.1, 0.15) is 17.1 Å². The highest BCUT2D eigenvalue weighted by molar-refractivity contribution is 5.81. The van der Waals surface area contributed by atoms with Gasteiger partial charge in [-0.3, -0.25) is 4.79 Å². The van der Waals surface area contributed by atoms with Crippen molar-refractivity contribution in [2.24, 2.45) is 0 Å². The van der Waals surface area contributed by atoms with Crippen molar-refractivity contribution >= 4 is 17.0 Å². The van der Waals surface area contributed by atoms with Crippen molar-refractivity contribution in [1.29, 1.82) is 0 Å². The zero-order chi connectivity index (χ0) is 14.1. The molecule has 0 spiro atoms. The highest BCUT2D eigenvalue weighted by Crippen LogP contribution is 2.27. The Morgan fingerprint density at radius 2 is 1.90 bits per heavy atom. The first-order valence-electron chi connectivity index (χ1n) is 6.18. The van der Waals surface area contributed by atoms with E-state index in [-0.39, 0.29) is 11.2 Å². The lowest BCUT2D eigenvalue weighted by Gasteiger charge is -2.06. The van der Waals surface area contributed by atoms with Gasteiger partial charge in [-0.05, 0) is 23.8 Å². The molecule has 0 amide bonds. The molecule has 20 heavy (non-hydrogen) atoms. The average Bonchev–Trinajstić information content (AvgIpc) is 2.47. The number of fused-ring (bicyclic) bond motifs is 1. The molecule has 0 bridgehead atoms. The first-order valence-corrected chi connectivity index (χ1v) is 6.18. The maximum absolute atomic E-state index is 12.1. The standard InChI is InChI=1S/C17H12O3/c1-2-11-5-3-4-6-13(11)17-10-15(19)14-9-12(18)7-8-16(14)20-17/h2-10,18H,1H2. The summed E-state index contributed by atoms with van der Waals surface area (Å²) in [6.07, 6.45) is 1.72. The second-order valence-electron chi connectivity index (χ2n) is 4.45. The van der Waals surface area contributed by atoms with Crippen molar-refractivity contribution in [3.8, 4) is 17.1 Å². The molecule has 1 heterocycles. The minimum absolute atomic E-state index is 0.0454. The fraction of sp³-hybridized carbons (Fsp3) is 0. The second kappa shape index (κ2) is 4.70. The number of hydrogen-bond donors (Lipinski definition) is 1. The fourth-order valence-electron chi connectivity index (χ4n) is 2.18. The van der Waals surface area contributed by atoms with Crippen molar-refractivity contribution in [3.63, 3.8) is 0 Å². The van der Waals surface area contributed by atoms with Gasteiger partial charge in [-0.2, -0.15) is 0 Å². The first kappa shape index (κ1) is 12.2. The Morgan fingerprint density at radius 3 is 2.70 bits per heavy atom. The molecule has 0 aliphatic heterocycles. The average molecular weight is 264 g/mol. The van der Waals surface area contributed by atoms with Gasteiger partial charge in [0.25, 0.3) is 0 Å². The summed E-state index contributed by atoms with van der Waals surface area (Å²) >= 11 is 0. The lowest BCUT2D eigenvalue weighted by Crippen LogP contribution is -2.00. The number of phenolic OH excluding ortho intramolecular Hbond substituents is 1. The van der Waals surface area contributed by atoms with E-state index < -0.39 is 0 Å². The van der Waals surface area contributed by atoms with Crippen molar-refractivity contribution in [2.45, 2.75) is 0 Å². The molecule has 2 aromatic carbocycles. The largest absolute Gasteiger partial charge is 0.508 e. The predicted octanol–water partition coefficient (Wildman–Crippen LogP) is 3.81. The molecule has 0 saturated heterocycles. The number of benzene rings is 2. The molecule has 0 atom stereocenters. The summed E-state index contributed by atoms with van der Waals surface area (Å²) in [6, 6.07) is 13.5. The molecule has 0 aliphatic carbocycles. The monoisotopic (exact) mass is 264 g/mol. The van der Waals surface area contributed by atoms with Crippen molar-refractivity contribution in [3.05, 3.63) is 70.9 Å². The van der Waals surface area contributed by atoms with E-state index in [4.69, 9.17) is 4.42 Å². The molecule has 1 aromatic heterocycles. The van der Waals surface area contributed by atoms with Crippen LogP contribution in [0.25, 0.3) is 28.4 Å². The first-order chi connectivity index (χ1) is 9.69. The Labute approximate surface area is 115 Å². The van der Waals surface area contributed by atoms with Gasteiger partial charge in [0.15, 0.2) is 5.43 Å². The predicted molar refractivity (Wildman–Crippen MR) is 79.7 cm³/mol. The Bertz CT molecular complexity index is 859. The molecular formula is C17H12O3. The van der Waals surface area contributed by atoms with Gasteiger partial charge in [-0.25, -0.2) is 0 Å². The van der Waals surface area contributed by atoms with Gasteiger partial charge in [0, 0.05) is 11.6 Å². The Kier molecular flexibility index (Phi) is 2.88. The molecule has 0 saturated carbocycles. The summed E-state index contributed by atoms with van der Waals surface area (Å²) in [4.78, 5) is 12.1. The van der Waals surface area contributed by atoms with Crippen LogP contribution in [0.5, 0.6) is 5.75 Å². The third kappa shape index (κ3) is 1.99. The normalized spacial score (nSPS) is 10.6. The van der Waals surface area contributed by atoms with Crippen molar-refractivity contribution in [1.82, 2.24) is 0 Å². The zero-order valence-electron chi connectivity index (χ0n) is 10.7. The van der Waals surface area contributed by atoms with Gasteiger partial charge < -0.3 is 9.52 Å². The van der Waals surface area contributed by atoms with Gasteiger partial charge in [0.05, 0.1) is 5.39 Å². The molecule has 0 fully saturated rings. The van der Waals surface area contributed by atoms with Crippen LogP contribution >= 0.6 is 0 Å². The summed E-state index contributed by atoms with van der Waals surface area (Å²) < 4.78 is 5.77. The van der Waals surface area contributed by atoms with Gasteiger partial charge in [-0.1, -0.05) is 36.9 Å². The molecule has 3 nitrogen and oxygen atoms in total. The van der Waals surface area contributed by atoms with E-state index in [0.717, 1.165) is 11.1 Å². The van der Waals surface area contributed by atoms with Gasteiger partial charge >= 0.3 is 0 Å². The van der Waals surface area contributed by atoms with E-state index in [1.807, 2.05) is 24.3 Å². The molecular weight excluding hydrogens is 252 g/mol. The van der Waals surface area contributed by atoms with Crippen molar-refractivity contribution in [2.75, 3.05) is 0 Å². The van der Waals surface area contributed by atoms with Crippen LogP contribution in [0.15, 0.2) is 64.3 Å². The van der Waals surface area contributed by atoms with Crippen LogP contribution in [-0.2, 0) is 0 Å². The smallest absolute Gasteiger partial charge is 0.193 e. The Hall–Kier alpha value is -2.81. The molecule has 0 radical (unpaired) electrons. The SMILES string of the molecule is C=Cc1ccccc1-c1cc(=O)c2cc(O)ccc2o1. The quantitative estimate of drug-likeness (QED) is 0.765. The van der Waals surface area contributed by atoms with Gasteiger partial charge in [-0.15, -0.1) is 0 Å². The van der Waals surface area contributed by atoms with Crippen LogP contribution in [-0.4, -0.2) is 5.11 Å². The summed E-state index contributed by atoms with van der Waals surface area (Å²) in [5.74, 6) is 0.535. The molecule has 0 aliphatic rings. The van der Waals surface area contributed by atoms with E-state index in [1.54, 1.807) is 12.1 Å². The lowest BCUT2D eigenvalue weighted by molar-refractivity contribution is 0.475. The summed E-state index contributed by atoms with van der Waals surface area (Å²) in [7, 11) is 0. The number of phenols is 1. The highest BCUT2D eigenvalue weighted by atomic mass is 16.3. The number of hydrogen-bond acceptors (Lipinski definition) is 3. The number of aromatic hydroxyl groups is 1. The summed E-state index contributed by atoms with van der Waals surface area (Å²) in [5, 5.41) is 9.79. The van der Waals surface area contributed by atoms with E-state index in [0.29, 0.717) is 16.7 Å². The summed E-state index contributed by atoms with van der Waals surface area (Å²) in [6.45, 7) is 3.76. The van der Waals surface area contributed by atoms with E-state index >= 15 is 0 Å². The lowest BCUT2D eigenvalue weighted by atomic mass is 10.0. The maximum Gasteiger partial charge on any atom is 0.193 e. The van der Waals surface area contributed by atoms with Crippen LogP contribution in [0.2, 0.25) is 0 Å². The Balaban J connectivity index is 2.31. The molecule has 3 aromatic rings. The minimum Gasteiger partial charge on any atom is -0.508 e. The highest BCUT2D eigenvalue weighted by Gasteiger charge is 2.09. The van der Waals surface area contributed by atoms with Gasteiger partial charge in [0.2, 0.25) is 0 Å². The summed E-state index contributed by atoms with van der Waals surface area (Å²) in [5.41, 5.74) is 1.98. The Morgan fingerprint density at radius 1 is 1.10 bits per heavy atom. The topological polar surface area (TPSA) is 50.4 Å². The molecule has 98 valence electrons. The molecule has 3 heteroatoms.